The third-order valence-corrected chi connectivity index (χ3v) is 6.69. The number of amides is 1. The van der Waals surface area contributed by atoms with E-state index in [1.807, 2.05) is 43.3 Å². The summed E-state index contributed by atoms with van der Waals surface area (Å²) in [5.74, 6) is 0.373. The highest BCUT2D eigenvalue weighted by molar-refractivity contribution is 8.13. The number of nitriles is 1. The first-order valence-electron chi connectivity index (χ1n) is 9.73. The van der Waals surface area contributed by atoms with E-state index in [1.54, 1.807) is 41.3 Å². The quantitative estimate of drug-likeness (QED) is 0.386. The monoisotopic (exact) mass is 477 g/mol. The van der Waals surface area contributed by atoms with Gasteiger partial charge in [0.1, 0.15) is 5.70 Å². The van der Waals surface area contributed by atoms with E-state index in [9.17, 15) is 4.79 Å². The topological polar surface area (TPSA) is 56.5 Å². The first kappa shape index (κ1) is 22.2. The van der Waals surface area contributed by atoms with Gasteiger partial charge in [0.05, 0.1) is 27.4 Å². The van der Waals surface area contributed by atoms with E-state index in [2.05, 4.69) is 11.1 Å². The second-order valence-corrected chi connectivity index (χ2v) is 8.87. The Balaban J connectivity index is 1.67. The van der Waals surface area contributed by atoms with Crippen LogP contribution in [-0.2, 0) is 10.5 Å². The summed E-state index contributed by atoms with van der Waals surface area (Å²) in [7, 11) is 0. The predicted molar refractivity (Wildman–Crippen MR) is 133 cm³/mol. The van der Waals surface area contributed by atoms with Crippen molar-refractivity contribution in [2.75, 3.05) is 4.90 Å². The number of aliphatic imine (C=N–C) groups is 1. The van der Waals surface area contributed by atoms with Gasteiger partial charge in [-0.3, -0.25) is 9.69 Å². The first-order valence-corrected chi connectivity index (χ1v) is 11.5. The summed E-state index contributed by atoms with van der Waals surface area (Å²) < 4.78 is 0. The second kappa shape index (κ2) is 9.62. The molecule has 0 atom stereocenters. The number of hydrogen-bond donors (Lipinski definition) is 0. The van der Waals surface area contributed by atoms with E-state index in [0.29, 0.717) is 32.1 Å². The molecule has 7 heteroatoms. The van der Waals surface area contributed by atoms with Gasteiger partial charge in [-0.25, -0.2) is 4.99 Å². The van der Waals surface area contributed by atoms with Gasteiger partial charge < -0.3 is 0 Å². The van der Waals surface area contributed by atoms with E-state index >= 15 is 0 Å². The van der Waals surface area contributed by atoms with E-state index in [4.69, 9.17) is 28.5 Å². The first-order chi connectivity index (χ1) is 15.5. The number of anilines is 1. The molecular formula is C25H17Cl2N3OS. The molecule has 0 bridgehead atoms. The van der Waals surface area contributed by atoms with Crippen molar-refractivity contribution in [3.05, 3.63) is 105 Å². The van der Waals surface area contributed by atoms with E-state index < -0.39 is 0 Å². The van der Waals surface area contributed by atoms with Crippen LogP contribution in [0.3, 0.4) is 0 Å². The number of halogens is 2. The van der Waals surface area contributed by atoms with Crippen LogP contribution >= 0.6 is 35.0 Å². The van der Waals surface area contributed by atoms with Gasteiger partial charge in [-0.05, 0) is 54.5 Å². The van der Waals surface area contributed by atoms with Crippen LogP contribution in [0.5, 0.6) is 0 Å². The minimum Gasteiger partial charge on any atom is -0.266 e. The Hall–Kier alpha value is -3.04. The normalized spacial score (nSPS) is 14.6. The zero-order valence-corrected chi connectivity index (χ0v) is 19.4. The number of benzene rings is 3. The van der Waals surface area contributed by atoms with Gasteiger partial charge in [-0.1, -0.05) is 76.9 Å². The van der Waals surface area contributed by atoms with Crippen molar-refractivity contribution < 1.29 is 4.79 Å². The number of aryl methyl sites for hydroxylation is 1. The van der Waals surface area contributed by atoms with Crippen molar-refractivity contribution in [3.63, 3.8) is 0 Å². The summed E-state index contributed by atoms with van der Waals surface area (Å²) in [6.07, 6.45) is 1.66. The molecule has 1 aliphatic heterocycles. The highest BCUT2D eigenvalue weighted by Crippen LogP contribution is 2.33. The molecule has 0 N–H and O–H groups in total. The summed E-state index contributed by atoms with van der Waals surface area (Å²) in [6.45, 7) is 2.00. The molecule has 4 rings (SSSR count). The summed E-state index contributed by atoms with van der Waals surface area (Å²) in [4.78, 5) is 19.6. The standard InChI is InChI=1S/C25H17Cl2N3OS/c1-16-5-11-20(12-6-16)30-24(31)22(13-19-3-2-4-21(26)23(19)27)29-25(30)32-15-18-9-7-17(14-28)8-10-18/h2-13H,15H2,1H3. The molecule has 0 aliphatic carbocycles. The van der Waals surface area contributed by atoms with E-state index in [-0.39, 0.29) is 11.6 Å². The molecule has 4 nitrogen and oxygen atoms in total. The van der Waals surface area contributed by atoms with Crippen molar-refractivity contribution in [1.82, 2.24) is 0 Å². The molecule has 0 unspecified atom stereocenters. The average Bonchev–Trinajstić information content (AvgIpc) is 3.11. The lowest BCUT2D eigenvalue weighted by atomic mass is 10.2. The van der Waals surface area contributed by atoms with Crippen LogP contribution in [0.15, 0.2) is 77.4 Å². The fourth-order valence-electron chi connectivity index (χ4n) is 3.12. The SMILES string of the molecule is Cc1ccc(N2C(=O)C(=Cc3cccc(Cl)c3Cl)N=C2SCc2ccc(C#N)cc2)cc1. The number of carbonyl (C=O) groups is 1. The minimum atomic E-state index is -0.229. The van der Waals surface area contributed by atoms with Crippen LogP contribution in [0.25, 0.3) is 6.08 Å². The maximum absolute atomic E-state index is 13.3. The number of amidine groups is 1. The van der Waals surface area contributed by atoms with Gasteiger partial charge in [-0.15, -0.1) is 0 Å². The van der Waals surface area contributed by atoms with Gasteiger partial charge in [0.2, 0.25) is 0 Å². The number of nitrogens with zero attached hydrogens (tertiary/aromatic N) is 3. The Morgan fingerprint density at radius 2 is 1.78 bits per heavy atom. The van der Waals surface area contributed by atoms with Gasteiger partial charge in [0.25, 0.3) is 5.91 Å². The lowest BCUT2D eigenvalue weighted by Gasteiger charge is -2.18. The van der Waals surface area contributed by atoms with Crippen LogP contribution in [0.1, 0.15) is 22.3 Å². The fourth-order valence-corrected chi connectivity index (χ4v) is 4.45. The molecule has 3 aromatic carbocycles. The molecule has 0 saturated heterocycles. The van der Waals surface area contributed by atoms with Crippen molar-refractivity contribution in [2.24, 2.45) is 4.99 Å². The summed E-state index contributed by atoms with van der Waals surface area (Å²) in [6, 6.07) is 22.5. The van der Waals surface area contributed by atoms with Gasteiger partial charge in [0, 0.05) is 5.75 Å². The molecule has 1 aliphatic rings. The van der Waals surface area contributed by atoms with Gasteiger partial charge in [0.15, 0.2) is 5.17 Å². The molecule has 0 radical (unpaired) electrons. The Labute approximate surface area is 200 Å². The Bertz CT molecular complexity index is 1280. The molecule has 1 heterocycles. The van der Waals surface area contributed by atoms with Crippen molar-refractivity contribution >= 4 is 57.8 Å². The average molecular weight is 478 g/mol. The van der Waals surface area contributed by atoms with Crippen LogP contribution in [-0.4, -0.2) is 11.1 Å². The highest BCUT2D eigenvalue weighted by Gasteiger charge is 2.32. The maximum atomic E-state index is 13.3. The Morgan fingerprint density at radius 3 is 2.47 bits per heavy atom. The molecule has 0 saturated carbocycles. The van der Waals surface area contributed by atoms with Crippen LogP contribution < -0.4 is 4.90 Å². The molecular weight excluding hydrogens is 461 g/mol. The number of carbonyl (C=O) groups excluding carboxylic acids is 1. The van der Waals surface area contributed by atoms with Gasteiger partial charge >= 0.3 is 0 Å². The third kappa shape index (κ3) is 4.73. The van der Waals surface area contributed by atoms with Crippen LogP contribution in [0, 0.1) is 18.3 Å². The summed E-state index contributed by atoms with van der Waals surface area (Å²) >= 11 is 13.9. The lowest BCUT2D eigenvalue weighted by molar-refractivity contribution is -0.113. The second-order valence-electron chi connectivity index (χ2n) is 7.14. The Morgan fingerprint density at radius 1 is 1.06 bits per heavy atom. The maximum Gasteiger partial charge on any atom is 0.283 e. The third-order valence-electron chi connectivity index (χ3n) is 4.85. The van der Waals surface area contributed by atoms with E-state index in [0.717, 1.165) is 16.8 Å². The number of hydrogen-bond acceptors (Lipinski definition) is 4. The largest absolute Gasteiger partial charge is 0.283 e. The van der Waals surface area contributed by atoms with E-state index in [1.165, 1.54) is 11.8 Å². The van der Waals surface area contributed by atoms with Crippen molar-refractivity contribution in [3.8, 4) is 6.07 Å². The van der Waals surface area contributed by atoms with Crippen LogP contribution in [0.2, 0.25) is 10.0 Å². The minimum absolute atomic E-state index is 0.229. The molecule has 0 fully saturated rings. The fraction of sp³-hybridized carbons (Fsp3) is 0.0800. The van der Waals surface area contributed by atoms with Crippen molar-refractivity contribution in [2.45, 2.75) is 12.7 Å². The molecule has 158 valence electrons. The zero-order valence-electron chi connectivity index (χ0n) is 17.0. The summed E-state index contributed by atoms with van der Waals surface area (Å²) in [5.41, 5.74) is 4.41. The number of rotatable bonds is 4. The zero-order chi connectivity index (χ0) is 22.7. The Kier molecular flexibility index (Phi) is 6.66. The number of thioether (sulfide) groups is 1. The molecule has 0 aromatic heterocycles. The molecule has 0 spiro atoms. The smallest absolute Gasteiger partial charge is 0.266 e. The highest BCUT2D eigenvalue weighted by atomic mass is 35.5. The van der Waals surface area contributed by atoms with Crippen LogP contribution in [0.4, 0.5) is 5.69 Å². The predicted octanol–water partition coefficient (Wildman–Crippen LogP) is 6.85. The van der Waals surface area contributed by atoms with Crippen molar-refractivity contribution in [1.29, 1.82) is 5.26 Å². The molecule has 1 amide bonds. The molecule has 32 heavy (non-hydrogen) atoms. The molecule has 3 aromatic rings. The summed E-state index contributed by atoms with van der Waals surface area (Å²) in [5, 5.41) is 10.4. The van der Waals surface area contributed by atoms with Gasteiger partial charge in [-0.2, -0.15) is 5.26 Å². The lowest BCUT2D eigenvalue weighted by Crippen LogP contribution is -2.30.